The third-order valence-corrected chi connectivity index (χ3v) is 2.74. The SMILES string of the molecule is CC(C)C(O)CCNC(=O)c1coc(Br)c1. The van der Waals surface area contributed by atoms with Gasteiger partial charge in [-0.05, 0) is 28.3 Å². The highest BCUT2D eigenvalue weighted by atomic mass is 79.9. The molecule has 1 rings (SSSR count). The quantitative estimate of drug-likeness (QED) is 0.873. The fourth-order valence-electron chi connectivity index (χ4n) is 1.20. The Morgan fingerprint density at radius 3 is 2.81 bits per heavy atom. The maximum atomic E-state index is 11.5. The van der Waals surface area contributed by atoms with E-state index in [1.54, 1.807) is 6.07 Å². The van der Waals surface area contributed by atoms with Gasteiger partial charge in [0.25, 0.3) is 5.91 Å². The highest BCUT2D eigenvalue weighted by Crippen LogP contribution is 2.13. The molecule has 0 radical (unpaired) electrons. The summed E-state index contributed by atoms with van der Waals surface area (Å²) in [5.74, 6) is 0.0189. The van der Waals surface area contributed by atoms with Gasteiger partial charge < -0.3 is 14.8 Å². The smallest absolute Gasteiger partial charge is 0.254 e. The standard InChI is InChI=1S/C11H16BrNO3/c1-7(2)9(14)3-4-13-11(15)8-5-10(12)16-6-8/h5-7,9,14H,3-4H2,1-2H3,(H,13,15). The molecule has 4 nitrogen and oxygen atoms in total. The number of aliphatic hydroxyl groups is 1. The van der Waals surface area contributed by atoms with Gasteiger partial charge in [0, 0.05) is 12.6 Å². The van der Waals surface area contributed by atoms with Crippen LogP contribution in [0.3, 0.4) is 0 Å². The summed E-state index contributed by atoms with van der Waals surface area (Å²) in [5, 5.41) is 12.3. The Morgan fingerprint density at radius 2 is 2.31 bits per heavy atom. The lowest BCUT2D eigenvalue weighted by Gasteiger charge is -2.14. The minimum atomic E-state index is -0.378. The number of furan rings is 1. The van der Waals surface area contributed by atoms with Gasteiger partial charge in [0.15, 0.2) is 4.67 Å². The predicted molar refractivity (Wildman–Crippen MR) is 64.2 cm³/mol. The molecule has 1 unspecified atom stereocenters. The highest BCUT2D eigenvalue weighted by molar-refractivity contribution is 9.10. The van der Waals surface area contributed by atoms with Gasteiger partial charge in [-0.25, -0.2) is 0 Å². The molecule has 0 aliphatic heterocycles. The first-order valence-electron chi connectivity index (χ1n) is 5.21. The molecule has 0 spiro atoms. The lowest BCUT2D eigenvalue weighted by Crippen LogP contribution is -2.28. The zero-order valence-corrected chi connectivity index (χ0v) is 11.0. The van der Waals surface area contributed by atoms with E-state index in [2.05, 4.69) is 21.2 Å². The van der Waals surface area contributed by atoms with Crippen molar-refractivity contribution in [3.8, 4) is 0 Å². The van der Waals surface area contributed by atoms with Crippen molar-refractivity contribution >= 4 is 21.8 Å². The second-order valence-corrected chi connectivity index (χ2v) is 4.78. The number of amides is 1. The van der Waals surface area contributed by atoms with E-state index in [4.69, 9.17) is 4.42 Å². The fraction of sp³-hybridized carbons (Fsp3) is 0.545. The molecule has 16 heavy (non-hydrogen) atoms. The monoisotopic (exact) mass is 289 g/mol. The second kappa shape index (κ2) is 6.06. The summed E-state index contributed by atoms with van der Waals surface area (Å²) in [7, 11) is 0. The van der Waals surface area contributed by atoms with Crippen LogP contribution in [0.2, 0.25) is 0 Å². The number of aliphatic hydroxyl groups excluding tert-OH is 1. The van der Waals surface area contributed by atoms with Crippen LogP contribution in [0.5, 0.6) is 0 Å². The largest absolute Gasteiger partial charge is 0.457 e. The molecule has 0 bridgehead atoms. The molecule has 90 valence electrons. The average molecular weight is 290 g/mol. The molecule has 0 aliphatic rings. The summed E-state index contributed by atoms with van der Waals surface area (Å²) in [6, 6.07) is 1.61. The van der Waals surface area contributed by atoms with Gasteiger partial charge in [-0.3, -0.25) is 4.79 Å². The lowest BCUT2D eigenvalue weighted by atomic mass is 10.0. The predicted octanol–water partition coefficient (Wildman–Crippen LogP) is 2.18. The van der Waals surface area contributed by atoms with E-state index in [0.717, 1.165) is 0 Å². The number of halogens is 1. The van der Waals surface area contributed by atoms with Crippen LogP contribution in [0.15, 0.2) is 21.4 Å². The van der Waals surface area contributed by atoms with Crippen LogP contribution in [0.25, 0.3) is 0 Å². The van der Waals surface area contributed by atoms with Crippen LogP contribution in [-0.2, 0) is 0 Å². The summed E-state index contributed by atoms with van der Waals surface area (Å²) in [4.78, 5) is 11.5. The Labute approximate surface area is 103 Å². The van der Waals surface area contributed by atoms with Gasteiger partial charge in [-0.15, -0.1) is 0 Å². The van der Waals surface area contributed by atoms with Gasteiger partial charge in [-0.2, -0.15) is 0 Å². The van der Waals surface area contributed by atoms with Crippen LogP contribution >= 0.6 is 15.9 Å². The van der Waals surface area contributed by atoms with Crippen molar-refractivity contribution in [2.24, 2.45) is 5.92 Å². The number of rotatable bonds is 5. The van der Waals surface area contributed by atoms with E-state index in [9.17, 15) is 9.90 Å². The molecule has 1 aromatic heterocycles. The van der Waals surface area contributed by atoms with Gasteiger partial charge in [0.1, 0.15) is 6.26 Å². The molecule has 0 saturated carbocycles. The molecule has 5 heteroatoms. The maximum absolute atomic E-state index is 11.5. The minimum absolute atomic E-state index is 0.189. The number of nitrogens with one attached hydrogen (secondary N) is 1. The third kappa shape index (κ3) is 3.98. The molecule has 0 aliphatic carbocycles. The Kier molecular flexibility index (Phi) is 5.02. The molecular formula is C11H16BrNO3. The van der Waals surface area contributed by atoms with Crippen molar-refractivity contribution < 1.29 is 14.3 Å². The first-order valence-corrected chi connectivity index (χ1v) is 6.00. The number of carbonyl (C=O) groups is 1. The summed E-state index contributed by atoms with van der Waals surface area (Å²) in [6.45, 7) is 4.35. The van der Waals surface area contributed by atoms with Crippen LogP contribution in [0, 0.1) is 5.92 Å². The van der Waals surface area contributed by atoms with E-state index in [1.165, 1.54) is 6.26 Å². The number of hydrogen-bond acceptors (Lipinski definition) is 3. The molecule has 0 fully saturated rings. The van der Waals surface area contributed by atoms with Gasteiger partial charge in [-0.1, -0.05) is 13.8 Å². The first-order chi connectivity index (χ1) is 7.50. The third-order valence-electron chi connectivity index (χ3n) is 2.32. The van der Waals surface area contributed by atoms with Crippen molar-refractivity contribution in [2.45, 2.75) is 26.4 Å². The molecule has 1 amide bonds. The summed E-state index contributed by atoms with van der Waals surface area (Å²) in [6.07, 6.45) is 1.57. The molecule has 1 aromatic rings. The zero-order chi connectivity index (χ0) is 12.1. The summed E-state index contributed by atoms with van der Waals surface area (Å²) < 4.78 is 5.49. The van der Waals surface area contributed by atoms with Crippen molar-refractivity contribution in [3.05, 3.63) is 22.6 Å². The molecule has 0 aromatic carbocycles. The zero-order valence-electron chi connectivity index (χ0n) is 9.37. The normalized spacial score (nSPS) is 12.8. The van der Waals surface area contributed by atoms with Crippen molar-refractivity contribution in [1.29, 1.82) is 0 Å². The van der Waals surface area contributed by atoms with Crippen molar-refractivity contribution in [3.63, 3.8) is 0 Å². The topological polar surface area (TPSA) is 62.5 Å². The molecular weight excluding hydrogens is 274 g/mol. The van der Waals surface area contributed by atoms with Gasteiger partial charge >= 0.3 is 0 Å². The minimum Gasteiger partial charge on any atom is -0.457 e. The Morgan fingerprint density at radius 1 is 1.62 bits per heavy atom. The van der Waals surface area contributed by atoms with Crippen molar-refractivity contribution in [1.82, 2.24) is 5.32 Å². The Bertz CT molecular complexity index is 349. The van der Waals surface area contributed by atoms with E-state index in [1.807, 2.05) is 13.8 Å². The Balaban J connectivity index is 2.31. The summed E-state index contributed by atoms with van der Waals surface area (Å²) in [5.41, 5.74) is 0.478. The average Bonchev–Trinajstić information content (AvgIpc) is 2.64. The Hall–Kier alpha value is -0.810. The second-order valence-electron chi connectivity index (χ2n) is 4.00. The fourth-order valence-corrected chi connectivity index (χ4v) is 1.54. The van der Waals surface area contributed by atoms with E-state index in [-0.39, 0.29) is 17.9 Å². The van der Waals surface area contributed by atoms with Gasteiger partial charge in [0.05, 0.1) is 11.7 Å². The summed E-state index contributed by atoms with van der Waals surface area (Å²) >= 11 is 3.12. The molecule has 1 atom stereocenters. The van der Waals surface area contributed by atoms with E-state index in [0.29, 0.717) is 23.2 Å². The van der Waals surface area contributed by atoms with E-state index < -0.39 is 0 Å². The van der Waals surface area contributed by atoms with Crippen LogP contribution < -0.4 is 5.32 Å². The van der Waals surface area contributed by atoms with Gasteiger partial charge in [0.2, 0.25) is 0 Å². The molecule has 0 saturated heterocycles. The van der Waals surface area contributed by atoms with Crippen LogP contribution in [0.1, 0.15) is 30.6 Å². The van der Waals surface area contributed by atoms with Crippen molar-refractivity contribution in [2.75, 3.05) is 6.54 Å². The van der Waals surface area contributed by atoms with Crippen LogP contribution in [0.4, 0.5) is 0 Å². The highest BCUT2D eigenvalue weighted by Gasteiger charge is 2.11. The van der Waals surface area contributed by atoms with Crippen LogP contribution in [-0.4, -0.2) is 23.7 Å². The van der Waals surface area contributed by atoms with E-state index >= 15 is 0 Å². The number of hydrogen-bond donors (Lipinski definition) is 2. The molecule has 2 N–H and O–H groups in total. The molecule has 1 heterocycles. The maximum Gasteiger partial charge on any atom is 0.254 e. The first kappa shape index (κ1) is 13.3. The number of carbonyl (C=O) groups excluding carboxylic acids is 1. The lowest BCUT2D eigenvalue weighted by molar-refractivity contribution is 0.0919.